The van der Waals surface area contributed by atoms with E-state index in [1.54, 1.807) is 0 Å². The molecule has 1 heterocycles. The first-order valence-corrected chi connectivity index (χ1v) is 6.95. The van der Waals surface area contributed by atoms with Gasteiger partial charge >= 0.3 is 5.97 Å². The van der Waals surface area contributed by atoms with Crippen molar-refractivity contribution in [2.45, 2.75) is 32.2 Å². The minimum Gasteiger partial charge on any atom is -0.481 e. The van der Waals surface area contributed by atoms with Crippen molar-refractivity contribution in [1.29, 1.82) is 0 Å². The van der Waals surface area contributed by atoms with Gasteiger partial charge in [0.1, 0.15) is 4.34 Å². The molecule has 100 valence electrons. The van der Waals surface area contributed by atoms with Crippen LogP contribution in [0.25, 0.3) is 0 Å². The summed E-state index contributed by atoms with van der Waals surface area (Å²) in [6.07, 6.45) is 1.23. The number of amides is 1. The number of rotatable bonds is 6. The lowest BCUT2D eigenvalue weighted by Crippen LogP contribution is -2.32. The lowest BCUT2D eigenvalue weighted by Gasteiger charge is -2.12. The Bertz CT molecular complexity index is 447. The second kappa shape index (κ2) is 6.97. The highest BCUT2D eigenvalue weighted by Gasteiger charge is 2.16. The van der Waals surface area contributed by atoms with Gasteiger partial charge in [-0.3, -0.25) is 9.59 Å². The van der Waals surface area contributed by atoms with Crippen LogP contribution < -0.4 is 5.32 Å². The van der Waals surface area contributed by atoms with Gasteiger partial charge < -0.3 is 10.4 Å². The molecule has 0 spiro atoms. The van der Waals surface area contributed by atoms with Gasteiger partial charge in [0, 0.05) is 12.5 Å². The van der Waals surface area contributed by atoms with Crippen LogP contribution in [-0.4, -0.2) is 23.0 Å². The highest BCUT2D eigenvalue weighted by molar-refractivity contribution is 7.20. The normalized spacial score (nSPS) is 12.2. The first-order chi connectivity index (χ1) is 8.40. The van der Waals surface area contributed by atoms with Crippen LogP contribution in [-0.2, 0) is 4.79 Å². The number of hydrogen-bond acceptors (Lipinski definition) is 3. The van der Waals surface area contributed by atoms with E-state index in [1.807, 2.05) is 6.92 Å². The zero-order valence-corrected chi connectivity index (χ0v) is 12.0. The lowest BCUT2D eigenvalue weighted by atomic mass is 10.1. The largest absolute Gasteiger partial charge is 0.481 e. The molecule has 0 aromatic carbocycles. The van der Waals surface area contributed by atoms with Gasteiger partial charge in [-0.05, 0) is 25.8 Å². The van der Waals surface area contributed by atoms with Crippen molar-refractivity contribution in [3.8, 4) is 0 Å². The third kappa shape index (κ3) is 4.84. The van der Waals surface area contributed by atoms with Crippen molar-refractivity contribution in [2.75, 3.05) is 0 Å². The van der Waals surface area contributed by atoms with Crippen LogP contribution in [0.4, 0.5) is 0 Å². The Morgan fingerprint density at radius 3 is 2.67 bits per heavy atom. The van der Waals surface area contributed by atoms with Crippen LogP contribution >= 0.6 is 34.5 Å². The number of carbonyl (C=O) groups is 2. The standard InChI is InChI=1S/C11H13Cl2NO3S/c1-6(3-2-4-9(15)16)14-11(17)7-5-8(12)18-10(7)13/h5-6H,2-4H2,1H3,(H,14,17)(H,15,16). The molecular weight excluding hydrogens is 297 g/mol. The number of carbonyl (C=O) groups excluding carboxylic acids is 1. The van der Waals surface area contributed by atoms with Crippen molar-refractivity contribution in [3.63, 3.8) is 0 Å². The molecule has 1 aromatic rings. The molecule has 1 aromatic heterocycles. The van der Waals surface area contributed by atoms with Crippen molar-refractivity contribution >= 4 is 46.4 Å². The molecule has 0 saturated heterocycles. The predicted octanol–water partition coefficient (Wildman–Crippen LogP) is 3.43. The van der Waals surface area contributed by atoms with E-state index in [0.29, 0.717) is 27.1 Å². The van der Waals surface area contributed by atoms with E-state index in [4.69, 9.17) is 28.3 Å². The Morgan fingerprint density at radius 1 is 1.50 bits per heavy atom. The van der Waals surface area contributed by atoms with E-state index >= 15 is 0 Å². The molecular formula is C11H13Cl2NO3S. The van der Waals surface area contributed by atoms with E-state index < -0.39 is 5.97 Å². The molecule has 1 unspecified atom stereocenters. The fourth-order valence-electron chi connectivity index (χ4n) is 1.43. The SMILES string of the molecule is CC(CCCC(=O)O)NC(=O)c1cc(Cl)sc1Cl. The zero-order valence-electron chi connectivity index (χ0n) is 9.70. The summed E-state index contributed by atoms with van der Waals surface area (Å²) in [7, 11) is 0. The van der Waals surface area contributed by atoms with Crippen LogP contribution in [0.1, 0.15) is 36.5 Å². The number of thiophene rings is 1. The lowest BCUT2D eigenvalue weighted by molar-refractivity contribution is -0.137. The fraction of sp³-hybridized carbons (Fsp3) is 0.455. The topological polar surface area (TPSA) is 66.4 Å². The molecule has 4 nitrogen and oxygen atoms in total. The molecule has 0 aliphatic heterocycles. The van der Waals surface area contributed by atoms with E-state index in [2.05, 4.69) is 5.32 Å². The number of aliphatic carboxylic acids is 1. The van der Waals surface area contributed by atoms with Crippen LogP contribution in [0.3, 0.4) is 0 Å². The van der Waals surface area contributed by atoms with Gasteiger partial charge in [0.15, 0.2) is 0 Å². The van der Waals surface area contributed by atoms with Crippen LogP contribution in [0.5, 0.6) is 0 Å². The molecule has 0 saturated carbocycles. The Morgan fingerprint density at radius 2 is 2.17 bits per heavy atom. The van der Waals surface area contributed by atoms with E-state index in [-0.39, 0.29) is 18.4 Å². The van der Waals surface area contributed by atoms with Gasteiger partial charge in [-0.1, -0.05) is 23.2 Å². The van der Waals surface area contributed by atoms with Gasteiger partial charge in [0.2, 0.25) is 0 Å². The number of hydrogen-bond donors (Lipinski definition) is 2. The summed E-state index contributed by atoms with van der Waals surface area (Å²) in [6.45, 7) is 1.82. The maximum absolute atomic E-state index is 11.8. The number of nitrogens with one attached hydrogen (secondary N) is 1. The maximum Gasteiger partial charge on any atom is 0.303 e. The second-order valence-electron chi connectivity index (χ2n) is 3.90. The highest BCUT2D eigenvalue weighted by Crippen LogP contribution is 2.31. The first kappa shape index (κ1) is 15.3. The van der Waals surface area contributed by atoms with Crippen LogP contribution in [0, 0.1) is 0 Å². The summed E-state index contributed by atoms with van der Waals surface area (Å²) in [5.74, 6) is -1.12. The predicted molar refractivity (Wildman–Crippen MR) is 72.8 cm³/mol. The highest BCUT2D eigenvalue weighted by atomic mass is 35.5. The number of carboxylic acids is 1. The van der Waals surface area contributed by atoms with Crippen LogP contribution in [0.2, 0.25) is 8.67 Å². The molecule has 0 aliphatic rings. The molecule has 1 amide bonds. The molecule has 18 heavy (non-hydrogen) atoms. The van der Waals surface area contributed by atoms with Crippen molar-refractivity contribution in [2.24, 2.45) is 0 Å². The fourth-order valence-corrected chi connectivity index (χ4v) is 2.89. The summed E-state index contributed by atoms with van der Waals surface area (Å²) in [5, 5.41) is 11.3. The van der Waals surface area contributed by atoms with E-state index in [1.165, 1.54) is 6.07 Å². The minimum atomic E-state index is -0.832. The molecule has 0 bridgehead atoms. The molecule has 0 radical (unpaired) electrons. The van der Waals surface area contributed by atoms with Gasteiger partial charge in [0.25, 0.3) is 5.91 Å². The molecule has 0 aliphatic carbocycles. The van der Waals surface area contributed by atoms with Gasteiger partial charge in [-0.25, -0.2) is 0 Å². The molecule has 7 heteroatoms. The number of halogens is 2. The average molecular weight is 310 g/mol. The Hall–Kier alpha value is -0.780. The summed E-state index contributed by atoms with van der Waals surface area (Å²) < 4.78 is 0.818. The minimum absolute atomic E-state index is 0.102. The molecule has 1 rings (SSSR count). The molecule has 1 atom stereocenters. The second-order valence-corrected chi connectivity index (χ2v) is 6.18. The van der Waals surface area contributed by atoms with Gasteiger partial charge in [0.05, 0.1) is 9.90 Å². The summed E-state index contributed by atoms with van der Waals surface area (Å²) in [6, 6.07) is 1.42. The van der Waals surface area contributed by atoms with Crippen molar-refractivity contribution < 1.29 is 14.7 Å². The Balaban J connectivity index is 2.44. The van der Waals surface area contributed by atoms with E-state index in [9.17, 15) is 9.59 Å². The zero-order chi connectivity index (χ0) is 13.7. The summed E-state index contributed by atoms with van der Waals surface area (Å²) >= 11 is 12.8. The quantitative estimate of drug-likeness (QED) is 0.846. The third-order valence-corrected chi connectivity index (χ3v) is 3.79. The summed E-state index contributed by atoms with van der Waals surface area (Å²) in [5.41, 5.74) is 0.358. The Kier molecular flexibility index (Phi) is 5.91. The number of carboxylic acid groups (broad SMARTS) is 1. The first-order valence-electron chi connectivity index (χ1n) is 5.37. The van der Waals surface area contributed by atoms with Gasteiger partial charge in [-0.2, -0.15) is 0 Å². The maximum atomic E-state index is 11.8. The molecule has 0 fully saturated rings. The smallest absolute Gasteiger partial charge is 0.303 e. The van der Waals surface area contributed by atoms with E-state index in [0.717, 1.165) is 11.3 Å². The van der Waals surface area contributed by atoms with Gasteiger partial charge in [-0.15, -0.1) is 11.3 Å². The van der Waals surface area contributed by atoms with Crippen LogP contribution in [0.15, 0.2) is 6.07 Å². The Labute approximate surface area is 119 Å². The van der Waals surface area contributed by atoms with Crippen molar-refractivity contribution in [1.82, 2.24) is 5.32 Å². The third-order valence-electron chi connectivity index (χ3n) is 2.31. The average Bonchev–Trinajstić information content (AvgIpc) is 2.57. The monoisotopic (exact) mass is 309 g/mol. The summed E-state index contributed by atoms with van der Waals surface area (Å²) in [4.78, 5) is 22.2. The molecule has 2 N–H and O–H groups in total. The van der Waals surface area contributed by atoms with Crippen molar-refractivity contribution in [3.05, 3.63) is 20.3 Å².